The Hall–Kier alpha value is -7.84. The molecule has 0 radical (unpaired) electrons. The maximum absolute atomic E-state index is 15.4. The van der Waals surface area contributed by atoms with Crippen molar-refractivity contribution in [2.24, 2.45) is 17.8 Å². The van der Waals surface area contributed by atoms with Crippen LogP contribution in [-0.2, 0) is 76.6 Å². The minimum Gasteiger partial charge on any atom is -0.347 e. The zero-order valence-electron chi connectivity index (χ0n) is 61.1. The summed E-state index contributed by atoms with van der Waals surface area (Å²) in [5.74, 6) is -9.21. The van der Waals surface area contributed by atoms with Crippen molar-refractivity contribution >= 4 is 82.5 Å². The van der Waals surface area contributed by atoms with Crippen molar-refractivity contribution in [3.8, 4) is 0 Å². The van der Waals surface area contributed by atoms with Gasteiger partial charge in [-0.25, -0.2) is 0 Å². The van der Waals surface area contributed by atoms with Crippen molar-refractivity contribution in [2.45, 2.75) is 218 Å². The number of alkyl halides is 3. The lowest BCUT2D eigenvalue weighted by atomic mass is 9.90. The molecule has 100 heavy (non-hydrogen) atoms. The van der Waals surface area contributed by atoms with Crippen LogP contribution in [0.2, 0.25) is 5.02 Å². The van der Waals surface area contributed by atoms with Crippen molar-refractivity contribution in [3.05, 3.63) is 69.7 Å². The van der Waals surface area contributed by atoms with E-state index in [4.69, 9.17) is 11.6 Å². The molecule has 2 aromatic rings. The van der Waals surface area contributed by atoms with Crippen LogP contribution in [0.1, 0.15) is 154 Å². The molecule has 3 saturated heterocycles. The van der Waals surface area contributed by atoms with E-state index in [-0.39, 0.29) is 75.9 Å². The lowest BCUT2D eigenvalue weighted by Crippen LogP contribution is -2.65. The quantitative estimate of drug-likeness (QED) is 0.226. The highest BCUT2D eigenvalue weighted by molar-refractivity contribution is 6.31. The Labute approximate surface area is 592 Å². The van der Waals surface area contributed by atoms with Crippen molar-refractivity contribution in [1.82, 2.24) is 60.0 Å². The number of likely N-dealkylation sites (N-methyl/N-ethyl adjacent to an activating group) is 7. The Kier molecular flexibility index (Phi) is 28.1. The molecule has 3 aliphatic heterocycles. The number of fused-ring (bicyclic) bond motifs is 2. The molecule has 554 valence electrons. The predicted molar refractivity (Wildman–Crippen MR) is 370 cm³/mol. The molecular formula is C72H106ClF3N12O12. The molecule has 1 saturated carbocycles. The van der Waals surface area contributed by atoms with Gasteiger partial charge in [-0.05, 0) is 113 Å². The van der Waals surface area contributed by atoms with E-state index in [2.05, 4.69) is 16.0 Å². The Morgan fingerprint density at radius 2 is 1.27 bits per heavy atom. The van der Waals surface area contributed by atoms with Crippen LogP contribution >= 0.6 is 11.6 Å². The summed E-state index contributed by atoms with van der Waals surface area (Å²) in [5.41, 5.74) is -0.838. The summed E-state index contributed by atoms with van der Waals surface area (Å²) in [6, 6.07) is -1.03. The topological polar surface area (TPSA) is 270 Å². The van der Waals surface area contributed by atoms with Gasteiger partial charge in [-0.3, -0.25) is 57.5 Å². The molecule has 1 spiro atoms. The van der Waals surface area contributed by atoms with Crippen molar-refractivity contribution < 1.29 is 70.7 Å². The molecule has 11 atom stereocenters. The lowest BCUT2D eigenvalue weighted by molar-refractivity contribution is -0.160. The van der Waals surface area contributed by atoms with E-state index in [1.165, 1.54) is 104 Å². The molecule has 2 aromatic carbocycles. The predicted octanol–water partition coefficient (Wildman–Crippen LogP) is 5.47. The zero-order chi connectivity index (χ0) is 74.7. The highest BCUT2D eigenvalue weighted by atomic mass is 35.5. The zero-order valence-corrected chi connectivity index (χ0v) is 61.9. The number of nitrogens with zero attached hydrogens (tertiary/aromatic N) is 9. The fourth-order valence-corrected chi connectivity index (χ4v) is 14.2. The third-order valence-electron chi connectivity index (χ3n) is 21.1. The SMILES string of the molecule is CC[C@H](C)[C@@H]1NC(=O)[C@H](CCC(C)C)N(C)C(=O)C[C@@H](C(=O)N(C)C)N(C)C(=O)[C@H]([C@@H](C)CC)N(C)C(=O)C2(CCCC2)NC(=O)[C@@H]2CCCN2C(=O)[C@H](CCc2ccc(C(F)(F)F)c(Cl)c2)NC(=O)CN(C)C(=O)[C@H](Cc2ccc(C)cc2)N(C)C(=O)[C@@H]2CCN2C(=O)[C@H](C)N(C)C1=O. The fraction of sp³-hybridized carbons (Fsp3) is 0.667. The van der Waals surface area contributed by atoms with Gasteiger partial charge in [-0.15, -0.1) is 0 Å². The van der Waals surface area contributed by atoms with Gasteiger partial charge in [0.15, 0.2) is 0 Å². The molecule has 6 rings (SSSR count). The summed E-state index contributed by atoms with van der Waals surface area (Å²) in [6.45, 7) is 13.9. The summed E-state index contributed by atoms with van der Waals surface area (Å²) in [4.78, 5) is 190. The Bertz CT molecular complexity index is 3330. The summed E-state index contributed by atoms with van der Waals surface area (Å²) in [5, 5.41) is 8.08. The van der Waals surface area contributed by atoms with E-state index in [0.717, 1.165) is 27.5 Å². The molecule has 4 aliphatic rings. The van der Waals surface area contributed by atoms with Gasteiger partial charge >= 0.3 is 6.18 Å². The monoisotopic (exact) mass is 1420 g/mol. The molecule has 28 heteroatoms. The average Bonchev–Trinajstić information content (AvgIpc) is 1.57. The number of nitrogens with one attached hydrogen (secondary N) is 3. The second kappa shape index (κ2) is 34.7. The molecule has 24 nitrogen and oxygen atoms in total. The highest BCUT2D eigenvalue weighted by Crippen LogP contribution is 2.37. The van der Waals surface area contributed by atoms with Gasteiger partial charge in [-0.2, -0.15) is 13.2 Å². The van der Waals surface area contributed by atoms with Crippen molar-refractivity contribution in [1.29, 1.82) is 0 Å². The van der Waals surface area contributed by atoms with Crippen molar-refractivity contribution in [2.75, 3.05) is 76.0 Å². The van der Waals surface area contributed by atoms with E-state index >= 15 is 19.2 Å². The van der Waals surface area contributed by atoms with Gasteiger partial charge < -0.3 is 60.0 Å². The van der Waals surface area contributed by atoms with Crippen LogP contribution in [0.3, 0.4) is 0 Å². The normalized spacial score (nSPS) is 26.0. The maximum atomic E-state index is 15.4. The molecule has 12 amide bonds. The van der Waals surface area contributed by atoms with Crippen LogP contribution in [0.5, 0.6) is 0 Å². The summed E-state index contributed by atoms with van der Waals surface area (Å²) < 4.78 is 41.6. The first-order chi connectivity index (χ1) is 46.8. The number of hydrogen-bond acceptors (Lipinski definition) is 12. The molecule has 1 aliphatic carbocycles. The fourth-order valence-electron chi connectivity index (χ4n) is 13.9. The van der Waals surface area contributed by atoms with E-state index < -0.39 is 172 Å². The number of carbonyl (C=O) groups is 12. The smallest absolute Gasteiger partial charge is 0.347 e. The van der Waals surface area contributed by atoms with Crippen LogP contribution in [0.15, 0.2) is 42.5 Å². The second-order valence-corrected chi connectivity index (χ2v) is 29.2. The Morgan fingerprint density at radius 1 is 0.660 bits per heavy atom. The minimum atomic E-state index is -4.77. The average molecular weight is 1420 g/mol. The van der Waals surface area contributed by atoms with Gasteiger partial charge in [0, 0.05) is 75.9 Å². The number of benzene rings is 2. The number of hydrogen-bond donors (Lipinski definition) is 3. The van der Waals surface area contributed by atoms with Crippen LogP contribution in [0.25, 0.3) is 0 Å². The Morgan fingerprint density at radius 3 is 1.83 bits per heavy atom. The molecule has 0 aromatic heterocycles. The van der Waals surface area contributed by atoms with E-state index in [1.807, 2.05) is 46.8 Å². The standard InChI is InChI=1S/C72H106ClF3N12O12/c1-17-44(6)59-68(98)82(12)46(8)63(93)88-37-33-54(88)67(97)84(14)55(39-48-26-24-43(5)25-27-48)66(96)81(11)41-57(89)77-51(31-29-47-28-30-49(50(73)38-47)72(74,75)76)64(94)87-36-21-22-53(87)62(92)79-71(34-19-20-35-71)70(100)86(16)60(45(7)18-2)69(99)85(15)56(65(95)80(9)10)40-58(90)83(13)52(61(91)78-59)32-23-42(3)4/h24-28,30,38,42,44-46,51-56,59-60H,17-23,29,31-37,39-41H2,1-16H3,(H,77,89)(H,78,91)(H,79,92)/t44-,45-,46-,51-,52-,53-,54-,55-,56-,59-,60-/m0/s1. The molecule has 4 fully saturated rings. The molecular weight excluding hydrogens is 1320 g/mol. The number of halogens is 4. The molecule has 0 bridgehead atoms. The molecule has 3 heterocycles. The van der Waals surface area contributed by atoms with Gasteiger partial charge in [0.1, 0.15) is 59.9 Å². The minimum absolute atomic E-state index is 0.0139. The van der Waals surface area contributed by atoms with Gasteiger partial charge in [0.2, 0.25) is 70.9 Å². The summed E-state index contributed by atoms with van der Waals surface area (Å²) in [7, 11) is 11.3. The molecule has 3 N–H and O–H groups in total. The third kappa shape index (κ3) is 19.0. The van der Waals surface area contributed by atoms with E-state index in [0.29, 0.717) is 44.1 Å². The number of carbonyl (C=O) groups excluding carboxylic acids is 12. The first kappa shape index (κ1) is 81.1. The number of rotatable bonds is 13. The summed E-state index contributed by atoms with van der Waals surface area (Å²) >= 11 is 6.15. The maximum Gasteiger partial charge on any atom is 0.417 e. The van der Waals surface area contributed by atoms with Crippen LogP contribution in [0.4, 0.5) is 13.2 Å². The van der Waals surface area contributed by atoms with Gasteiger partial charge in [0.05, 0.1) is 23.6 Å². The number of amides is 12. The van der Waals surface area contributed by atoms with E-state index in [9.17, 15) is 51.5 Å². The highest BCUT2D eigenvalue weighted by Gasteiger charge is 2.51. The van der Waals surface area contributed by atoms with Gasteiger partial charge in [0.25, 0.3) is 0 Å². The van der Waals surface area contributed by atoms with E-state index in [1.54, 1.807) is 26.0 Å². The largest absolute Gasteiger partial charge is 0.417 e. The third-order valence-corrected chi connectivity index (χ3v) is 21.4. The van der Waals surface area contributed by atoms with Crippen LogP contribution in [-0.4, -0.2) is 251 Å². The van der Waals surface area contributed by atoms with Crippen molar-refractivity contribution in [3.63, 3.8) is 0 Å². The van der Waals surface area contributed by atoms with Gasteiger partial charge in [-0.1, -0.05) is 115 Å². The molecule has 0 unspecified atom stereocenters. The van der Waals surface area contributed by atoms with Crippen LogP contribution in [0, 0.1) is 24.7 Å². The first-order valence-corrected chi connectivity index (χ1v) is 35.4. The van der Waals surface area contributed by atoms with Crippen LogP contribution < -0.4 is 16.0 Å². The first-order valence-electron chi connectivity index (χ1n) is 35.0. The number of aryl methyl sites for hydroxylation is 2. The second-order valence-electron chi connectivity index (χ2n) is 28.8. The Balaban J connectivity index is 1.45. The lowest BCUT2D eigenvalue weighted by Gasteiger charge is -2.45. The summed E-state index contributed by atoms with van der Waals surface area (Å²) in [6.07, 6.45) is -2.54.